The first-order valence-electron chi connectivity index (χ1n) is 4.07. The van der Waals surface area contributed by atoms with Gasteiger partial charge in [-0.3, -0.25) is 0 Å². The zero-order valence-electron chi connectivity index (χ0n) is 6.65. The fourth-order valence-corrected chi connectivity index (χ4v) is 2.31. The van der Waals surface area contributed by atoms with Crippen LogP contribution in [0.2, 0.25) is 0 Å². The number of hydrogen-bond donors (Lipinski definition) is 0. The lowest BCUT2D eigenvalue weighted by atomic mass is 9.96. The van der Waals surface area contributed by atoms with Gasteiger partial charge in [-0.05, 0) is 38.8 Å². The minimum absolute atomic E-state index is 0.957. The summed E-state index contributed by atoms with van der Waals surface area (Å²) in [6.45, 7) is 2.62. The van der Waals surface area contributed by atoms with Crippen molar-refractivity contribution in [2.75, 3.05) is 25.5 Å². The number of alkyl halides is 1. The smallest absolute Gasteiger partial charge is 0.00344 e. The second-order valence-electron chi connectivity index (χ2n) is 3.25. The number of piperidine rings is 1. The number of nitrogens with zero attached hydrogens (tertiary/aromatic N) is 1. The molecule has 0 aromatic heterocycles. The number of halogens is 1. The molecule has 0 unspecified atom stereocenters. The van der Waals surface area contributed by atoms with E-state index in [0.717, 1.165) is 5.92 Å². The summed E-state index contributed by atoms with van der Waals surface area (Å²) in [6, 6.07) is 0. The Morgan fingerprint density at radius 3 is 3.00 bits per heavy atom. The molecule has 1 saturated heterocycles. The van der Waals surface area contributed by atoms with Crippen molar-refractivity contribution < 1.29 is 0 Å². The largest absolute Gasteiger partial charge is 0.306 e. The van der Waals surface area contributed by atoms with E-state index in [1.54, 1.807) is 0 Å². The molecular weight excluding hydrogens is 190 g/mol. The van der Waals surface area contributed by atoms with Gasteiger partial charge in [0, 0.05) is 11.9 Å². The molecule has 0 amide bonds. The van der Waals surface area contributed by atoms with Gasteiger partial charge >= 0.3 is 0 Å². The average molecular weight is 206 g/mol. The molecule has 1 aliphatic rings. The summed E-state index contributed by atoms with van der Waals surface area (Å²) in [6.07, 6.45) is 4.19. The highest BCUT2D eigenvalue weighted by molar-refractivity contribution is 9.09. The quantitative estimate of drug-likeness (QED) is 0.625. The van der Waals surface area contributed by atoms with Crippen molar-refractivity contribution in [2.24, 2.45) is 5.92 Å². The van der Waals surface area contributed by atoms with Gasteiger partial charge in [0.15, 0.2) is 0 Å². The lowest BCUT2D eigenvalue weighted by Crippen LogP contribution is -2.32. The first-order valence-corrected chi connectivity index (χ1v) is 5.19. The molecule has 10 heavy (non-hydrogen) atoms. The summed E-state index contributed by atoms with van der Waals surface area (Å²) in [4.78, 5) is 2.44. The van der Waals surface area contributed by atoms with E-state index in [0.29, 0.717) is 0 Å². The molecule has 60 valence electrons. The van der Waals surface area contributed by atoms with Crippen LogP contribution < -0.4 is 0 Å². The van der Waals surface area contributed by atoms with Crippen molar-refractivity contribution in [3.05, 3.63) is 0 Å². The minimum Gasteiger partial charge on any atom is -0.306 e. The van der Waals surface area contributed by atoms with Gasteiger partial charge in [0.1, 0.15) is 0 Å². The maximum atomic E-state index is 3.49. The molecule has 1 nitrogen and oxygen atoms in total. The molecule has 0 radical (unpaired) electrons. The summed E-state index contributed by atoms with van der Waals surface area (Å²) in [5, 5.41) is 1.17. The first kappa shape index (κ1) is 8.54. The van der Waals surface area contributed by atoms with Gasteiger partial charge in [0.05, 0.1) is 0 Å². The Labute approximate surface area is 71.9 Å². The highest BCUT2D eigenvalue weighted by Gasteiger charge is 2.15. The van der Waals surface area contributed by atoms with Crippen molar-refractivity contribution in [3.63, 3.8) is 0 Å². The van der Waals surface area contributed by atoms with Gasteiger partial charge in [0.25, 0.3) is 0 Å². The maximum absolute atomic E-state index is 3.49. The van der Waals surface area contributed by atoms with Gasteiger partial charge < -0.3 is 4.90 Å². The van der Waals surface area contributed by atoms with E-state index >= 15 is 0 Å². The normalized spacial score (nSPS) is 28.8. The SMILES string of the molecule is CN1CCC[C@@H](CCBr)C1. The third kappa shape index (κ3) is 2.59. The Morgan fingerprint density at radius 2 is 2.40 bits per heavy atom. The summed E-state index contributed by atoms with van der Waals surface area (Å²) < 4.78 is 0. The maximum Gasteiger partial charge on any atom is 0.00344 e. The summed E-state index contributed by atoms with van der Waals surface area (Å²) >= 11 is 3.49. The summed E-state index contributed by atoms with van der Waals surface area (Å²) in [7, 11) is 2.22. The Hall–Kier alpha value is 0.440. The van der Waals surface area contributed by atoms with E-state index in [9.17, 15) is 0 Å². The molecule has 0 aromatic carbocycles. The Kier molecular flexibility index (Phi) is 3.71. The monoisotopic (exact) mass is 205 g/mol. The lowest BCUT2D eigenvalue weighted by Gasteiger charge is -2.29. The molecule has 1 fully saturated rings. The van der Waals surface area contributed by atoms with Crippen molar-refractivity contribution in [1.29, 1.82) is 0 Å². The van der Waals surface area contributed by atoms with Crippen LogP contribution in [0.15, 0.2) is 0 Å². The van der Waals surface area contributed by atoms with E-state index in [1.807, 2.05) is 0 Å². The number of likely N-dealkylation sites (tertiary alicyclic amines) is 1. The Morgan fingerprint density at radius 1 is 1.60 bits per heavy atom. The third-order valence-corrected chi connectivity index (χ3v) is 2.70. The molecule has 0 aliphatic carbocycles. The molecule has 0 aromatic rings. The van der Waals surface area contributed by atoms with E-state index in [4.69, 9.17) is 0 Å². The zero-order valence-corrected chi connectivity index (χ0v) is 8.23. The van der Waals surface area contributed by atoms with Crippen LogP contribution in [-0.2, 0) is 0 Å². The van der Waals surface area contributed by atoms with Crippen LogP contribution in [0.3, 0.4) is 0 Å². The first-order chi connectivity index (χ1) is 4.83. The van der Waals surface area contributed by atoms with Gasteiger partial charge in [-0.2, -0.15) is 0 Å². The van der Waals surface area contributed by atoms with Crippen molar-refractivity contribution >= 4 is 15.9 Å². The van der Waals surface area contributed by atoms with Crippen LogP contribution in [0.5, 0.6) is 0 Å². The summed E-state index contributed by atoms with van der Waals surface area (Å²) in [5.41, 5.74) is 0. The molecule has 1 rings (SSSR count). The highest BCUT2D eigenvalue weighted by atomic mass is 79.9. The Balaban J connectivity index is 2.18. The topological polar surface area (TPSA) is 3.24 Å². The van der Waals surface area contributed by atoms with Gasteiger partial charge in [-0.25, -0.2) is 0 Å². The fraction of sp³-hybridized carbons (Fsp3) is 1.00. The standard InChI is InChI=1S/C8H16BrN/c1-10-6-2-3-8(7-10)4-5-9/h8H,2-7H2,1H3/t8-/m0/s1. The minimum atomic E-state index is 0.957. The molecular formula is C8H16BrN. The van der Waals surface area contributed by atoms with Gasteiger partial charge in [-0.15, -0.1) is 0 Å². The number of hydrogen-bond acceptors (Lipinski definition) is 1. The van der Waals surface area contributed by atoms with Crippen LogP contribution in [0.4, 0.5) is 0 Å². The number of rotatable bonds is 2. The molecule has 0 bridgehead atoms. The van der Waals surface area contributed by atoms with E-state index in [1.165, 1.54) is 37.7 Å². The van der Waals surface area contributed by atoms with Crippen molar-refractivity contribution in [2.45, 2.75) is 19.3 Å². The molecule has 0 spiro atoms. The van der Waals surface area contributed by atoms with E-state index < -0.39 is 0 Å². The third-order valence-electron chi connectivity index (χ3n) is 2.24. The molecule has 1 heterocycles. The van der Waals surface area contributed by atoms with Crippen LogP contribution in [-0.4, -0.2) is 30.4 Å². The van der Waals surface area contributed by atoms with E-state index in [-0.39, 0.29) is 0 Å². The highest BCUT2D eigenvalue weighted by Crippen LogP contribution is 2.18. The van der Waals surface area contributed by atoms with Gasteiger partial charge in [0.2, 0.25) is 0 Å². The van der Waals surface area contributed by atoms with Crippen LogP contribution >= 0.6 is 15.9 Å². The average Bonchev–Trinajstić information content (AvgIpc) is 1.88. The molecule has 2 heteroatoms. The van der Waals surface area contributed by atoms with Crippen LogP contribution in [0.1, 0.15) is 19.3 Å². The molecule has 1 aliphatic heterocycles. The fourth-order valence-electron chi connectivity index (χ4n) is 1.66. The van der Waals surface area contributed by atoms with Crippen LogP contribution in [0.25, 0.3) is 0 Å². The Bertz CT molecular complexity index is 93.3. The van der Waals surface area contributed by atoms with Gasteiger partial charge in [-0.1, -0.05) is 15.9 Å². The summed E-state index contributed by atoms with van der Waals surface area (Å²) in [5.74, 6) is 0.957. The predicted molar refractivity (Wildman–Crippen MR) is 48.6 cm³/mol. The predicted octanol–water partition coefficient (Wildman–Crippen LogP) is 2.11. The zero-order chi connectivity index (χ0) is 7.40. The second kappa shape index (κ2) is 4.35. The second-order valence-corrected chi connectivity index (χ2v) is 4.04. The lowest BCUT2D eigenvalue weighted by molar-refractivity contribution is 0.207. The van der Waals surface area contributed by atoms with Crippen molar-refractivity contribution in [1.82, 2.24) is 4.90 Å². The molecule has 0 saturated carbocycles. The van der Waals surface area contributed by atoms with E-state index in [2.05, 4.69) is 27.9 Å². The molecule has 1 atom stereocenters. The van der Waals surface area contributed by atoms with Crippen LogP contribution in [0, 0.1) is 5.92 Å². The molecule has 0 N–H and O–H groups in total. The van der Waals surface area contributed by atoms with Crippen molar-refractivity contribution in [3.8, 4) is 0 Å².